The van der Waals surface area contributed by atoms with Crippen LogP contribution < -0.4 is 5.32 Å². The van der Waals surface area contributed by atoms with Crippen molar-refractivity contribution in [3.05, 3.63) is 95.1 Å². The van der Waals surface area contributed by atoms with Gasteiger partial charge in [-0.05, 0) is 47.9 Å². The summed E-state index contributed by atoms with van der Waals surface area (Å²) in [6, 6.07) is 13.0. The lowest BCUT2D eigenvalue weighted by atomic mass is 10.0. The minimum atomic E-state index is -0.633. The van der Waals surface area contributed by atoms with Gasteiger partial charge in [0, 0.05) is 61.7 Å². The highest BCUT2D eigenvalue weighted by Gasteiger charge is 2.39. The molecule has 0 aliphatic carbocycles. The number of nitrogens with zero attached hydrogens (tertiary/aromatic N) is 8. The monoisotopic (exact) mass is 571 g/mol. The Morgan fingerprint density at radius 3 is 2.15 bits per heavy atom. The Labute approximate surface area is 240 Å². The van der Waals surface area contributed by atoms with Gasteiger partial charge in [-0.15, -0.1) is 12.4 Å². The quantitative estimate of drug-likeness (QED) is 0.294. The van der Waals surface area contributed by atoms with E-state index in [0.29, 0.717) is 38.2 Å². The third-order valence-electron chi connectivity index (χ3n) is 7.55. The maximum absolute atomic E-state index is 13.1. The van der Waals surface area contributed by atoms with E-state index in [0.717, 1.165) is 33.3 Å². The van der Waals surface area contributed by atoms with Crippen LogP contribution in [0.4, 0.5) is 0 Å². The number of carbonyl (C=O) groups is 3. The third-order valence-corrected chi connectivity index (χ3v) is 7.55. The number of carbonyl (C=O) groups excluding carboxylic acids is 3. The molecule has 1 saturated heterocycles. The zero-order valence-corrected chi connectivity index (χ0v) is 22.7. The SMILES string of the molecule is Cl.O=C1CCC(N2Cc3cc(CN(Cc4cnn5ncccc45)Cc4cnn5ncccc45)ccc3C2=O)C(=O)N1. The van der Waals surface area contributed by atoms with Gasteiger partial charge in [-0.1, -0.05) is 12.1 Å². The van der Waals surface area contributed by atoms with E-state index in [-0.39, 0.29) is 30.6 Å². The average Bonchev–Trinajstić information content (AvgIpc) is 3.65. The van der Waals surface area contributed by atoms with Crippen LogP contribution in [0.1, 0.15) is 45.5 Å². The molecule has 3 amide bonds. The zero-order valence-electron chi connectivity index (χ0n) is 21.9. The summed E-state index contributed by atoms with van der Waals surface area (Å²) in [6.45, 7) is 2.18. The lowest BCUT2D eigenvalue weighted by Crippen LogP contribution is -2.52. The highest BCUT2D eigenvalue weighted by Crippen LogP contribution is 2.29. The molecule has 1 fully saturated rings. The van der Waals surface area contributed by atoms with Crippen molar-refractivity contribution < 1.29 is 14.4 Å². The van der Waals surface area contributed by atoms with Gasteiger partial charge in [0.05, 0.1) is 23.4 Å². The van der Waals surface area contributed by atoms with Gasteiger partial charge in [0.2, 0.25) is 11.8 Å². The number of hydrogen-bond donors (Lipinski definition) is 1. The number of halogens is 1. The molecule has 0 spiro atoms. The Kier molecular flexibility index (Phi) is 6.93. The molecule has 208 valence electrons. The Bertz CT molecular complexity index is 1720. The van der Waals surface area contributed by atoms with Gasteiger partial charge < -0.3 is 4.90 Å². The first-order valence-electron chi connectivity index (χ1n) is 13.1. The van der Waals surface area contributed by atoms with E-state index in [9.17, 15) is 14.4 Å². The minimum absolute atomic E-state index is 0. The number of hydrogen-bond acceptors (Lipinski definition) is 8. The van der Waals surface area contributed by atoms with Crippen molar-refractivity contribution in [2.45, 2.75) is 45.1 Å². The lowest BCUT2D eigenvalue weighted by molar-refractivity contribution is -0.136. The van der Waals surface area contributed by atoms with Crippen LogP contribution in [0.2, 0.25) is 0 Å². The number of rotatable bonds is 7. The van der Waals surface area contributed by atoms with Gasteiger partial charge >= 0.3 is 0 Å². The normalized spacial score (nSPS) is 16.9. The van der Waals surface area contributed by atoms with Crippen LogP contribution in [0, 0.1) is 0 Å². The highest BCUT2D eigenvalue weighted by molar-refractivity contribution is 6.05. The van der Waals surface area contributed by atoms with Crippen molar-refractivity contribution in [1.29, 1.82) is 0 Å². The van der Waals surface area contributed by atoms with Crippen LogP contribution in [0.25, 0.3) is 11.0 Å². The number of fused-ring (bicyclic) bond motifs is 3. The summed E-state index contributed by atoms with van der Waals surface area (Å²) in [4.78, 5) is 41.1. The summed E-state index contributed by atoms with van der Waals surface area (Å²) in [6.07, 6.45) is 7.66. The molecule has 1 unspecified atom stereocenters. The second-order valence-electron chi connectivity index (χ2n) is 10.2. The third kappa shape index (κ3) is 4.92. The number of piperidine rings is 1. The summed E-state index contributed by atoms with van der Waals surface area (Å²) in [5.74, 6) is -0.878. The summed E-state index contributed by atoms with van der Waals surface area (Å²) >= 11 is 0. The fraction of sp³-hybridized carbons (Fsp3) is 0.250. The zero-order chi connectivity index (χ0) is 27.2. The number of nitrogens with one attached hydrogen (secondary N) is 1. The molecule has 41 heavy (non-hydrogen) atoms. The Hall–Kier alpha value is -4.68. The van der Waals surface area contributed by atoms with Gasteiger partial charge in [0.25, 0.3) is 5.91 Å². The first-order chi connectivity index (χ1) is 19.5. The van der Waals surface area contributed by atoms with Crippen molar-refractivity contribution in [3.8, 4) is 0 Å². The molecular weight excluding hydrogens is 546 g/mol. The second-order valence-corrected chi connectivity index (χ2v) is 10.2. The molecular formula is C28H26ClN9O3. The molecule has 0 saturated carbocycles. The van der Waals surface area contributed by atoms with E-state index < -0.39 is 11.9 Å². The maximum Gasteiger partial charge on any atom is 0.255 e. The Morgan fingerprint density at radius 1 is 0.854 bits per heavy atom. The number of aromatic nitrogens is 6. The predicted molar refractivity (Wildman–Crippen MR) is 149 cm³/mol. The van der Waals surface area contributed by atoms with Crippen LogP contribution in [0.5, 0.6) is 0 Å². The van der Waals surface area contributed by atoms with Crippen molar-refractivity contribution in [2.24, 2.45) is 0 Å². The molecule has 2 aliphatic heterocycles. The molecule has 1 aromatic carbocycles. The fourth-order valence-electron chi connectivity index (χ4n) is 5.64. The average molecular weight is 572 g/mol. The van der Waals surface area contributed by atoms with Gasteiger partial charge in [0.1, 0.15) is 6.04 Å². The molecule has 5 aromatic rings. The molecule has 2 aliphatic rings. The summed E-state index contributed by atoms with van der Waals surface area (Å²) in [7, 11) is 0. The van der Waals surface area contributed by atoms with Crippen LogP contribution in [0.15, 0.2) is 67.3 Å². The van der Waals surface area contributed by atoms with Crippen LogP contribution in [0.3, 0.4) is 0 Å². The molecule has 4 aromatic heterocycles. The molecule has 0 bridgehead atoms. The lowest BCUT2D eigenvalue weighted by Gasteiger charge is -2.29. The summed E-state index contributed by atoms with van der Waals surface area (Å²) in [5.41, 5.74) is 6.49. The van der Waals surface area contributed by atoms with Crippen molar-refractivity contribution in [3.63, 3.8) is 0 Å². The standard InChI is InChI=1S/C28H25N9O3.ClH/c38-26-8-7-25(27(39)33-26)35-17-19-11-18(5-6-22(19)28(35)40)14-34(15-20-12-31-36-23(20)3-1-9-29-36)16-21-13-32-37-24(21)4-2-10-30-37;/h1-6,9-13,25H,7-8,14-17H2,(H,33,38,39);1H. The van der Waals surface area contributed by atoms with Crippen LogP contribution >= 0.6 is 12.4 Å². The topological polar surface area (TPSA) is 130 Å². The van der Waals surface area contributed by atoms with E-state index in [2.05, 4.69) is 30.6 Å². The van der Waals surface area contributed by atoms with E-state index in [1.54, 1.807) is 26.6 Å². The van der Waals surface area contributed by atoms with Gasteiger partial charge in [-0.25, -0.2) is 0 Å². The van der Waals surface area contributed by atoms with Crippen molar-refractivity contribution in [1.82, 2.24) is 44.8 Å². The minimum Gasteiger partial charge on any atom is -0.322 e. The first-order valence-corrected chi connectivity index (χ1v) is 13.1. The number of amides is 3. The molecule has 6 heterocycles. The Balaban J connectivity index is 0.00000302. The van der Waals surface area contributed by atoms with E-state index in [4.69, 9.17) is 0 Å². The summed E-state index contributed by atoms with van der Waals surface area (Å²) < 4.78 is 3.24. The molecule has 0 radical (unpaired) electrons. The molecule has 7 rings (SSSR count). The van der Waals surface area contributed by atoms with Gasteiger partial charge in [-0.3, -0.25) is 24.6 Å². The van der Waals surface area contributed by atoms with Crippen molar-refractivity contribution in [2.75, 3.05) is 0 Å². The van der Waals surface area contributed by atoms with Crippen LogP contribution in [-0.2, 0) is 35.8 Å². The van der Waals surface area contributed by atoms with Gasteiger partial charge in [0.15, 0.2) is 0 Å². The first kappa shape index (κ1) is 26.5. The molecule has 12 nitrogen and oxygen atoms in total. The largest absolute Gasteiger partial charge is 0.322 e. The second kappa shape index (κ2) is 10.7. The Morgan fingerprint density at radius 2 is 1.51 bits per heavy atom. The highest BCUT2D eigenvalue weighted by atomic mass is 35.5. The number of imide groups is 1. The molecule has 1 atom stereocenters. The summed E-state index contributed by atoms with van der Waals surface area (Å²) in [5, 5.41) is 19.7. The van der Waals surface area contributed by atoms with E-state index in [1.165, 1.54) is 0 Å². The number of benzene rings is 1. The fourth-order valence-corrected chi connectivity index (χ4v) is 5.64. The van der Waals surface area contributed by atoms with E-state index in [1.807, 2.05) is 54.9 Å². The molecule has 1 N–H and O–H groups in total. The van der Waals surface area contributed by atoms with Gasteiger partial charge in [-0.2, -0.15) is 29.7 Å². The van der Waals surface area contributed by atoms with E-state index >= 15 is 0 Å². The van der Waals surface area contributed by atoms with Crippen LogP contribution in [-0.4, -0.2) is 63.2 Å². The van der Waals surface area contributed by atoms with Crippen molar-refractivity contribution >= 4 is 41.2 Å². The molecule has 13 heteroatoms. The smallest absolute Gasteiger partial charge is 0.255 e. The predicted octanol–water partition coefficient (Wildman–Crippen LogP) is 2.16. The maximum atomic E-state index is 13.1.